The van der Waals surface area contributed by atoms with Crippen LogP contribution in [0.15, 0.2) is 59.9 Å². The van der Waals surface area contributed by atoms with Crippen LogP contribution in [0.2, 0.25) is 0 Å². The highest BCUT2D eigenvalue weighted by molar-refractivity contribution is 7.92. The summed E-state index contributed by atoms with van der Waals surface area (Å²) in [4.78, 5) is 8.42. The Morgan fingerprint density at radius 3 is 2.61 bits per heavy atom. The van der Waals surface area contributed by atoms with Crippen molar-refractivity contribution in [3.8, 4) is 11.4 Å². The molecule has 3 aromatic rings. The van der Waals surface area contributed by atoms with Gasteiger partial charge < -0.3 is 4.57 Å². The monoisotopic (exact) mass is 328 g/mol. The van der Waals surface area contributed by atoms with Gasteiger partial charge in [-0.15, -0.1) is 0 Å². The van der Waals surface area contributed by atoms with E-state index in [0.717, 1.165) is 17.1 Å². The van der Waals surface area contributed by atoms with E-state index in [9.17, 15) is 8.42 Å². The van der Waals surface area contributed by atoms with Crippen LogP contribution in [0, 0.1) is 6.92 Å². The third-order valence-corrected chi connectivity index (χ3v) is 4.76. The van der Waals surface area contributed by atoms with Crippen molar-refractivity contribution in [1.82, 2.24) is 14.5 Å². The fraction of sp³-hybridized carbons (Fsp3) is 0.125. The van der Waals surface area contributed by atoms with E-state index < -0.39 is 10.0 Å². The molecular weight excluding hydrogens is 312 g/mol. The molecule has 23 heavy (non-hydrogen) atoms. The number of hydrogen-bond acceptors (Lipinski definition) is 4. The summed E-state index contributed by atoms with van der Waals surface area (Å²) in [6.07, 6.45) is 4.88. The van der Waals surface area contributed by atoms with Gasteiger partial charge in [-0.1, -0.05) is 12.1 Å². The molecule has 0 atom stereocenters. The van der Waals surface area contributed by atoms with Crippen LogP contribution in [-0.2, 0) is 17.1 Å². The summed E-state index contributed by atoms with van der Waals surface area (Å²) >= 11 is 0. The average Bonchev–Trinajstić information content (AvgIpc) is 2.94. The van der Waals surface area contributed by atoms with Crippen molar-refractivity contribution in [1.29, 1.82) is 0 Å². The van der Waals surface area contributed by atoms with Crippen molar-refractivity contribution in [3.63, 3.8) is 0 Å². The highest BCUT2D eigenvalue weighted by Crippen LogP contribution is 2.22. The van der Waals surface area contributed by atoms with Crippen LogP contribution in [-0.4, -0.2) is 23.0 Å². The molecule has 7 heteroatoms. The molecule has 0 aliphatic rings. The second-order valence-electron chi connectivity index (χ2n) is 5.18. The number of sulfonamides is 1. The number of nitrogens with one attached hydrogen (secondary N) is 1. The van der Waals surface area contributed by atoms with E-state index in [1.807, 2.05) is 23.9 Å². The molecule has 0 aliphatic carbocycles. The van der Waals surface area contributed by atoms with Crippen LogP contribution in [0.4, 0.5) is 5.69 Å². The van der Waals surface area contributed by atoms with Crippen molar-refractivity contribution in [2.24, 2.45) is 7.05 Å². The van der Waals surface area contributed by atoms with Gasteiger partial charge in [-0.05, 0) is 31.2 Å². The molecule has 0 spiro atoms. The molecule has 6 nitrogen and oxygen atoms in total. The molecule has 0 aliphatic heterocycles. The van der Waals surface area contributed by atoms with Gasteiger partial charge in [0.15, 0.2) is 0 Å². The van der Waals surface area contributed by atoms with Crippen LogP contribution in [0.1, 0.15) is 5.69 Å². The van der Waals surface area contributed by atoms with Gasteiger partial charge in [-0.25, -0.2) is 13.4 Å². The zero-order valence-electron chi connectivity index (χ0n) is 12.8. The topological polar surface area (TPSA) is 76.9 Å². The molecule has 0 saturated carbocycles. The largest absolute Gasteiger partial charge is 0.334 e. The molecule has 0 saturated heterocycles. The van der Waals surface area contributed by atoms with Crippen molar-refractivity contribution < 1.29 is 8.42 Å². The maximum atomic E-state index is 12.4. The van der Waals surface area contributed by atoms with Gasteiger partial charge in [0, 0.05) is 42.6 Å². The predicted molar refractivity (Wildman–Crippen MR) is 88.4 cm³/mol. The maximum absolute atomic E-state index is 12.4. The van der Waals surface area contributed by atoms with Crippen LogP contribution >= 0.6 is 0 Å². The van der Waals surface area contributed by atoms with Crippen molar-refractivity contribution >= 4 is 15.7 Å². The minimum Gasteiger partial charge on any atom is -0.334 e. The molecule has 0 radical (unpaired) electrons. The summed E-state index contributed by atoms with van der Waals surface area (Å²) < 4.78 is 29.3. The number of imidazole rings is 1. The molecule has 0 unspecified atom stereocenters. The van der Waals surface area contributed by atoms with Gasteiger partial charge in [0.25, 0.3) is 10.0 Å². The lowest BCUT2D eigenvalue weighted by Crippen LogP contribution is -2.13. The zero-order chi connectivity index (χ0) is 16.4. The van der Waals surface area contributed by atoms with E-state index in [0.29, 0.717) is 5.69 Å². The zero-order valence-corrected chi connectivity index (χ0v) is 13.6. The Hall–Kier alpha value is -2.67. The first-order valence-electron chi connectivity index (χ1n) is 6.99. The molecule has 2 aromatic heterocycles. The molecule has 3 rings (SSSR count). The molecular formula is C16H16N4O2S. The van der Waals surface area contributed by atoms with Crippen LogP contribution < -0.4 is 4.72 Å². The highest BCUT2D eigenvalue weighted by atomic mass is 32.2. The van der Waals surface area contributed by atoms with Gasteiger partial charge in [0.1, 0.15) is 10.7 Å². The fourth-order valence-corrected chi connectivity index (χ4v) is 3.19. The number of rotatable bonds is 4. The van der Waals surface area contributed by atoms with E-state index in [1.54, 1.807) is 37.4 Å². The summed E-state index contributed by atoms with van der Waals surface area (Å²) in [5.41, 5.74) is 2.08. The Kier molecular flexibility index (Phi) is 3.87. The Bertz CT molecular complexity index is 931. The fourth-order valence-electron chi connectivity index (χ4n) is 2.19. The Balaban J connectivity index is 1.91. The van der Waals surface area contributed by atoms with E-state index in [1.165, 1.54) is 12.3 Å². The standard InChI is InChI=1S/C16H16N4O2S/c1-12-6-7-15(11-18-12)23(21,22)19-14-5-3-4-13(10-14)16-17-8-9-20(16)2/h3-11,19H,1-2H3. The molecule has 0 bridgehead atoms. The summed E-state index contributed by atoms with van der Waals surface area (Å²) in [5, 5.41) is 0. The molecule has 2 heterocycles. The Morgan fingerprint density at radius 2 is 1.96 bits per heavy atom. The number of aromatic nitrogens is 3. The van der Waals surface area contributed by atoms with Crippen molar-refractivity contribution in [2.45, 2.75) is 11.8 Å². The number of aryl methyl sites for hydroxylation is 2. The Labute approximate surface area is 134 Å². The number of pyridine rings is 1. The first-order valence-corrected chi connectivity index (χ1v) is 8.47. The maximum Gasteiger partial charge on any atom is 0.263 e. The molecule has 1 aromatic carbocycles. The SMILES string of the molecule is Cc1ccc(S(=O)(=O)Nc2cccc(-c3nccn3C)c2)cn1. The third-order valence-electron chi connectivity index (χ3n) is 3.39. The first-order chi connectivity index (χ1) is 11.0. The van der Waals surface area contributed by atoms with E-state index in [2.05, 4.69) is 14.7 Å². The van der Waals surface area contributed by atoms with Crippen LogP contribution in [0.3, 0.4) is 0 Å². The molecule has 118 valence electrons. The first kappa shape index (κ1) is 15.2. The minimum absolute atomic E-state index is 0.130. The van der Waals surface area contributed by atoms with Gasteiger partial charge in [-0.3, -0.25) is 9.71 Å². The number of anilines is 1. The minimum atomic E-state index is -3.67. The quantitative estimate of drug-likeness (QED) is 0.798. The van der Waals surface area contributed by atoms with Crippen molar-refractivity contribution in [2.75, 3.05) is 4.72 Å². The second-order valence-corrected chi connectivity index (χ2v) is 6.87. The summed E-state index contributed by atoms with van der Waals surface area (Å²) in [7, 11) is -1.78. The number of nitrogens with zero attached hydrogens (tertiary/aromatic N) is 3. The van der Waals surface area contributed by atoms with E-state index in [4.69, 9.17) is 0 Å². The van der Waals surface area contributed by atoms with Gasteiger partial charge in [0.2, 0.25) is 0 Å². The lowest BCUT2D eigenvalue weighted by Gasteiger charge is -2.09. The van der Waals surface area contributed by atoms with Gasteiger partial charge in [0.05, 0.1) is 0 Å². The van der Waals surface area contributed by atoms with E-state index >= 15 is 0 Å². The highest BCUT2D eigenvalue weighted by Gasteiger charge is 2.15. The van der Waals surface area contributed by atoms with E-state index in [-0.39, 0.29) is 4.90 Å². The van der Waals surface area contributed by atoms with Crippen LogP contribution in [0.5, 0.6) is 0 Å². The Morgan fingerprint density at radius 1 is 1.13 bits per heavy atom. The smallest absolute Gasteiger partial charge is 0.263 e. The third kappa shape index (κ3) is 3.24. The summed E-state index contributed by atoms with van der Waals surface area (Å²) in [6.45, 7) is 1.81. The van der Waals surface area contributed by atoms with Gasteiger partial charge >= 0.3 is 0 Å². The lowest BCUT2D eigenvalue weighted by molar-refractivity contribution is 0.601. The normalized spacial score (nSPS) is 11.4. The molecule has 0 amide bonds. The summed E-state index contributed by atoms with van der Waals surface area (Å²) in [5.74, 6) is 0.767. The number of benzene rings is 1. The van der Waals surface area contributed by atoms with Gasteiger partial charge in [-0.2, -0.15) is 0 Å². The van der Waals surface area contributed by atoms with Crippen LogP contribution in [0.25, 0.3) is 11.4 Å². The van der Waals surface area contributed by atoms with Crippen molar-refractivity contribution in [3.05, 3.63) is 60.7 Å². The molecule has 0 fully saturated rings. The predicted octanol–water partition coefficient (Wildman–Crippen LogP) is 2.59. The average molecular weight is 328 g/mol. The lowest BCUT2D eigenvalue weighted by atomic mass is 10.2. The summed E-state index contributed by atoms with van der Waals surface area (Å²) in [6, 6.07) is 10.3. The molecule has 1 N–H and O–H groups in total. The number of hydrogen-bond donors (Lipinski definition) is 1. The second kappa shape index (κ2) is 5.85.